The number of anilines is 1. The topological polar surface area (TPSA) is 44.5 Å². The van der Waals surface area contributed by atoms with Crippen molar-refractivity contribution >= 4 is 5.69 Å². The second-order valence-corrected chi connectivity index (χ2v) is 3.07. The van der Waals surface area contributed by atoms with Gasteiger partial charge < -0.3 is 15.2 Å². The van der Waals surface area contributed by atoms with Crippen LogP contribution in [0.25, 0.3) is 0 Å². The Morgan fingerprint density at radius 2 is 2.00 bits per heavy atom. The molecule has 0 unspecified atom stereocenters. The SMILES string of the molecule is COc1cc(OC(C)C)ccc1N. The lowest BCUT2D eigenvalue weighted by Gasteiger charge is -2.11. The van der Waals surface area contributed by atoms with Gasteiger partial charge in [0.15, 0.2) is 0 Å². The van der Waals surface area contributed by atoms with Gasteiger partial charge in [-0.25, -0.2) is 0 Å². The Kier molecular flexibility index (Phi) is 3.01. The molecule has 0 saturated carbocycles. The third-order valence-corrected chi connectivity index (χ3v) is 1.58. The largest absolute Gasteiger partial charge is 0.494 e. The van der Waals surface area contributed by atoms with Crippen LogP contribution in [0.1, 0.15) is 13.8 Å². The molecule has 3 nitrogen and oxygen atoms in total. The van der Waals surface area contributed by atoms with Crippen molar-refractivity contribution in [3.63, 3.8) is 0 Å². The van der Waals surface area contributed by atoms with Gasteiger partial charge in [-0.2, -0.15) is 0 Å². The van der Waals surface area contributed by atoms with E-state index in [9.17, 15) is 0 Å². The number of methoxy groups -OCH3 is 1. The van der Waals surface area contributed by atoms with Crippen LogP contribution in [0.15, 0.2) is 18.2 Å². The number of benzene rings is 1. The standard InChI is InChI=1S/C10H15NO2/c1-7(2)13-8-4-5-9(11)10(6-8)12-3/h4-7H,11H2,1-3H3. The van der Waals surface area contributed by atoms with Crippen LogP contribution in [0.3, 0.4) is 0 Å². The van der Waals surface area contributed by atoms with Crippen molar-refractivity contribution in [3.05, 3.63) is 18.2 Å². The molecule has 0 amide bonds. The molecule has 0 aromatic heterocycles. The molecule has 2 N–H and O–H groups in total. The van der Waals surface area contributed by atoms with E-state index in [-0.39, 0.29) is 6.10 Å². The van der Waals surface area contributed by atoms with Crippen LogP contribution in [0.2, 0.25) is 0 Å². The molecule has 0 fully saturated rings. The minimum atomic E-state index is 0.160. The van der Waals surface area contributed by atoms with Gasteiger partial charge in [-0.3, -0.25) is 0 Å². The summed E-state index contributed by atoms with van der Waals surface area (Å²) >= 11 is 0. The highest BCUT2D eigenvalue weighted by atomic mass is 16.5. The molecule has 0 saturated heterocycles. The molecular formula is C10H15NO2. The molecular weight excluding hydrogens is 166 g/mol. The Morgan fingerprint density at radius 1 is 1.31 bits per heavy atom. The van der Waals surface area contributed by atoms with Crippen LogP contribution in [-0.2, 0) is 0 Å². The zero-order valence-electron chi connectivity index (χ0n) is 8.20. The van der Waals surface area contributed by atoms with Gasteiger partial charge in [-0.15, -0.1) is 0 Å². The van der Waals surface area contributed by atoms with Crippen molar-refractivity contribution in [2.75, 3.05) is 12.8 Å². The summed E-state index contributed by atoms with van der Waals surface area (Å²) in [6, 6.07) is 5.39. The number of rotatable bonds is 3. The van der Waals surface area contributed by atoms with Gasteiger partial charge in [-0.05, 0) is 26.0 Å². The minimum Gasteiger partial charge on any atom is -0.494 e. The highest BCUT2D eigenvalue weighted by Crippen LogP contribution is 2.26. The maximum atomic E-state index is 5.65. The molecule has 0 spiro atoms. The lowest BCUT2D eigenvalue weighted by atomic mass is 10.3. The number of nitrogen functional groups attached to an aromatic ring is 1. The van der Waals surface area contributed by atoms with E-state index < -0.39 is 0 Å². The van der Waals surface area contributed by atoms with E-state index in [1.807, 2.05) is 19.9 Å². The lowest BCUT2D eigenvalue weighted by molar-refractivity contribution is 0.241. The van der Waals surface area contributed by atoms with E-state index >= 15 is 0 Å². The summed E-state index contributed by atoms with van der Waals surface area (Å²) in [5, 5.41) is 0. The summed E-state index contributed by atoms with van der Waals surface area (Å²) in [4.78, 5) is 0. The highest BCUT2D eigenvalue weighted by molar-refractivity contribution is 5.55. The summed E-state index contributed by atoms with van der Waals surface area (Å²) in [7, 11) is 1.59. The average Bonchev–Trinajstić information content (AvgIpc) is 2.07. The van der Waals surface area contributed by atoms with Crippen LogP contribution in [0.4, 0.5) is 5.69 Å². The van der Waals surface area contributed by atoms with E-state index in [0.717, 1.165) is 5.75 Å². The van der Waals surface area contributed by atoms with Gasteiger partial charge in [0.1, 0.15) is 11.5 Å². The summed E-state index contributed by atoms with van der Waals surface area (Å²) in [6.45, 7) is 3.95. The summed E-state index contributed by atoms with van der Waals surface area (Å²) in [6.07, 6.45) is 0.160. The molecule has 13 heavy (non-hydrogen) atoms. The molecule has 0 bridgehead atoms. The van der Waals surface area contributed by atoms with Crippen LogP contribution in [0.5, 0.6) is 11.5 Å². The lowest BCUT2D eigenvalue weighted by Crippen LogP contribution is -2.05. The van der Waals surface area contributed by atoms with Crippen molar-refractivity contribution in [1.82, 2.24) is 0 Å². The zero-order chi connectivity index (χ0) is 9.84. The molecule has 0 atom stereocenters. The van der Waals surface area contributed by atoms with Gasteiger partial charge in [0.25, 0.3) is 0 Å². The Labute approximate surface area is 78.5 Å². The Balaban J connectivity index is 2.86. The van der Waals surface area contributed by atoms with Crippen LogP contribution >= 0.6 is 0 Å². The Bertz CT molecular complexity index is 284. The summed E-state index contributed by atoms with van der Waals surface area (Å²) in [5.74, 6) is 1.43. The highest BCUT2D eigenvalue weighted by Gasteiger charge is 2.02. The number of nitrogens with two attached hydrogens (primary N) is 1. The molecule has 72 valence electrons. The number of hydrogen-bond donors (Lipinski definition) is 1. The van der Waals surface area contributed by atoms with E-state index in [1.54, 1.807) is 19.2 Å². The number of hydrogen-bond acceptors (Lipinski definition) is 3. The predicted molar refractivity (Wildman–Crippen MR) is 53.2 cm³/mol. The van der Waals surface area contributed by atoms with Crippen LogP contribution in [0, 0.1) is 0 Å². The number of ether oxygens (including phenoxy) is 2. The molecule has 0 radical (unpaired) electrons. The molecule has 0 heterocycles. The van der Waals surface area contributed by atoms with Gasteiger partial charge in [0, 0.05) is 6.07 Å². The van der Waals surface area contributed by atoms with E-state index in [2.05, 4.69) is 0 Å². The Hall–Kier alpha value is -1.38. The van der Waals surface area contributed by atoms with Crippen molar-refractivity contribution in [3.8, 4) is 11.5 Å². The first-order valence-corrected chi connectivity index (χ1v) is 4.23. The van der Waals surface area contributed by atoms with Crippen molar-refractivity contribution in [2.45, 2.75) is 20.0 Å². The molecule has 1 aromatic rings. The van der Waals surface area contributed by atoms with Gasteiger partial charge in [0.2, 0.25) is 0 Å². The third kappa shape index (κ3) is 2.54. The zero-order valence-corrected chi connectivity index (χ0v) is 8.20. The molecule has 3 heteroatoms. The third-order valence-electron chi connectivity index (χ3n) is 1.58. The summed E-state index contributed by atoms with van der Waals surface area (Å²) < 4.78 is 10.5. The molecule has 0 aliphatic rings. The second-order valence-electron chi connectivity index (χ2n) is 3.07. The monoisotopic (exact) mass is 181 g/mol. The van der Waals surface area contributed by atoms with Crippen molar-refractivity contribution in [2.24, 2.45) is 0 Å². The molecule has 0 aliphatic carbocycles. The smallest absolute Gasteiger partial charge is 0.145 e. The molecule has 0 aliphatic heterocycles. The fraction of sp³-hybridized carbons (Fsp3) is 0.400. The quantitative estimate of drug-likeness (QED) is 0.726. The first kappa shape index (κ1) is 9.71. The second kappa shape index (κ2) is 4.03. The fourth-order valence-corrected chi connectivity index (χ4v) is 1.04. The van der Waals surface area contributed by atoms with Gasteiger partial charge in [-0.1, -0.05) is 0 Å². The van der Waals surface area contributed by atoms with E-state index in [0.29, 0.717) is 11.4 Å². The normalized spacial score (nSPS) is 10.2. The first-order valence-electron chi connectivity index (χ1n) is 4.23. The maximum Gasteiger partial charge on any atom is 0.145 e. The van der Waals surface area contributed by atoms with E-state index in [4.69, 9.17) is 15.2 Å². The molecule has 1 aromatic carbocycles. The van der Waals surface area contributed by atoms with Gasteiger partial charge >= 0.3 is 0 Å². The van der Waals surface area contributed by atoms with Crippen LogP contribution in [-0.4, -0.2) is 13.2 Å². The Morgan fingerprint density at radius 3 is 2.54 bits per heavy atom. The predicted octanol–water partition coefficient (Wildman–Crippen LogP) is 2.06. The first-order chi connectivity index (χ1) is 6.13. The fourth-order valence-electron chi connectivity index (χ4n) is 1.04. The van der Waals surface area contributed by atoms with Crippen molar-refractivity contribution in [1.29, 1.82) is 0 Å². The van der Waals surface area contributed by atoms with E-state index in [1.165, 1.54) is 0 Å². The van der Waals surface area contributed by atoms with Crippen LogP contribution < -0.4 is 15.2 Å². The van der Waals surface area contributed by atoms with Gasteiger partial charge in [0.05, 0.1) is 18.9 Å². The minimum absolute atomic E-state index is 0.160. The average molecular weight is 181 g/mol. The molecule has 1 rings (SSSR count). The van der Waals surface area contributed by atoms with Crippen molar-refractivity contribution < 1.29 is 9.47 Å². The summed E-state index contributed by atoms with van der Waals surface area (Å²) in [5.41, 5.74) is 6.27. The maximum absolute atomic E-state index is 5.65.